The number of hydrogen-bond acceptors (Lipinski definition) is 6. The molecule has 0 N–H and O–H groups in total. The highest BCUT2D eigenvalue weighted by Crippen LogP contribution is 2.21. The fourth-order valence-corrected chi connectivity index (χ4v) is 1.56. The van der Waals surface area contributed by atoms with Crippen LogP contribution in [-0.2, 0) is 16.2 Å². The Balaban J connectivity index is 2.72. The van der Waals surface area contributed by atoms with Crippen LogP contribution in [0, 0.1) is 10.4 Å². The fraction of sp³-hybridized carbons (Fsp3) is 0.600. The Bertz CT molecular complexity index is 452. The minimum Gasteiger partial charge on any atom is -0.762 e. The average Bonchev–Trinajstić information content (AvgIpc) is 2.24. The first-order valence-electron chi connectivity index (χ1n) is 6.85. The highest BCUT2D eigenvalue weighted by atomic mass is 16.9. The van der Waals surface area contributed by atoms with Crippen molar-refractivity contribution < 1.29 is 9.68 Å². The van der Waals surface area contributed by atoms with Crippen molar-refractivity contribution in [2.75, 3.05) is 5.23 Å². The van der Waals surface area contributed by atoms with Crippen LogP contribution in [0.25, 0.3) is 0 Å². The van der Waals surface area contributed by atoms with E-state index in [9.17, 15) is 10.4 Å². The van der Waals surface area contributed by atoms with E-state index in [2.05, 4.69) is 0 Å². The zero-order valence-electron chi connectivity index (χ0n) is 13.5. The van der Waals surface area contributed by atoms with E-state index in [-0.39, 0.29) is 6.54 Å². The summed E-state index contributed by atoms with van der Waals surface area (Å²) in [5, 5.41) is 24.6. The third kappa shape index (κ3) is 7.40. The maximum atomic E-state index is 11.9. The topological polar surface area (TPSA) is 71.1 Å². The van der Waals surface area contributed by atoms with Gasteiger partial charge in [0, 0.05) is 6.54 Å². The quantitative estimate of drug-likeness (QED) is 0.771. The molecule has 0 aliphatic rings. The number of rotatable bonds is 5. The Morgan fingerprint density at radius 2 is 1.52 bits per heavy atom. The Labute approximate surface area is 126 Å². The van der Waals surface area contributed by atoms with Gasteiger partial charge < -0.3 is 20.5 Å². The molecule has 0 aliphatic carbocycles. The lowest BCUT2D eigenvalue weighted by atomic mass is 10.2. The molecule has 0 saturated carbocycles. The molecule has 1 aromatic carbocycles. The van der Waals surface area contributed by atoms with Gasteiger partial charge in [0.1, 0.15) is 0 Å². The van der Waals surface area contributed by atoms with E-state index < -0.39 is 11.2 Å². The van der Waals surface area contributed by atoms with Gasteiger partial charge in [-0.3, -0.25) is 10.1 Å². The lowest BCUT2D eigenvalue weighted by molar-refractivity contribution is -0.204. The smallest absolute Gasteiger partial charge is 0.0869 e. The highest BCUT2D eigenvalue weighted by Gasteiger charge is 2.14. The SMILES string of the molecule is CC(C)(C)ON([O-])Cc1cccc(N([O-])OC(C)(C)C)c1. The zero-order valence-corrected chi connectivity index (χ0v) is 13.5. The minimum atomic E-state index is -0.586. The van der Waals surface area contributed by atoms with Crippen LogP contribution in [0.3, 0.4) is 0 Å². The Morgan fingerprint density at radius 3 is 2.05 bits per heavy atom. The number of hydrogen-bond donors (Lipinski definition) is 0. The van der Waals surface area contributed by atoms with Crippen molar-refractivity contribution in [1.82, 2.24) is 5.23 Å². The van der Waals surface area contributed by atoms with Crippen molar-refractivity contribution in [1.29, 1.82) is 0 Å². The molecule has 0 unspecified atom stereocenters. The van der Waals surface area contributed by atoms with E-state index in [1.165, 1.54) is 0 Å². The normalized spacial score (nSPS) is 12.8. The third-order valence-corrected chi connectivity index (χ3v) is 2.17. The first kappa shape index (κ1) is 17.9. The van der Waals surface area contributed by atoms with Crippen LogP contribution in [0.5, 0.6) is 0 Å². The van der Waals surface area contributed by atoms with E-state index in [4.69, 9.17) is 9.68 Å². The maximum absolute atomic E-state index is 11.9. The molecule has 0 bridgehead atoms. The molecule has 6 heteroatoms. The van der Waals surface area contributed by atoms with E-state index >= 15 is 0 Å². The van der Waals surface area contributed by atoms with Crippen LogP contribution in [-0.4, -0.2) is 16.4 Å². The second-order valence-electron chi connectivity index (χ2n) is 6.83. The van der Waals surface area contributed by atoms with Crippen LogP contribution >= 0.6 is 0 Å². The van der Waals surface area contributed by atoms with Gasteiger partial charge in [0.15, 0.2) is 0 Å². The molecular weight excluding hydrogens is 272 g/mol. The van der Waals surface area contributed by atoms with Crippen LogP contribution in [0.1, 0.15) is 47.1 Å². The van der Waals surface area contributed by atoms with Gasteiger partial charge in [-0.15, -0.1) is 0 Å². The van der Waals surface area contributed by atoms with E-state index in [1.54, 1.807) is 65.8 Å². The molecule has 1 rings (SSSR count). The van der Waals surface area contributed by atoms with E-state index in [0.717, 1.165) is 0 Å². The van der Waals surface area contributed by atoms with Gasteiger partial charge in [-0.05, 0) is 59.2 Å². The summed E-state index contributed by atoms with van der Waals surface area (Å²) in [5.74, 6) is 0. The largest absolute Gasteiger partial charge is 0.762 e. The average molecular weight is 296 g/mol. The van der Waals surface area contributed by atoms with Crippen LogP contribution < -0.4 is 5.23 Å². The molecule has 0 heterocycles. The summed E-state index contributed by atoms with van der Waals surface area (Å²) in [6.07, 6.45) is 0. The molecule has 0 amide bonds. The van der Waals surface area contributed by atoms with Crippen molar-refractivity contribution >= 4 is 5.69 Å². The molecule has 120 valence electrons. The molecule has 0 aromatic heterocycles. The van der Waals surface area contributed by atoms with Crippen LogP contribution in [0.4, 0.5) is 5.69 Å². The zero-order chi connectivity index (χ0) is 16.3. The molecule has 0 saturated heterocycles. The van der Waals surface area contributed by atoms with Crippen molar-refractivity contribution in [3.05, 3.63) is 40.2 Å². The van der Waals surface area contributed by atoms with Gasteiger partial charge in [0.05, 0.1) is 16.9 Å². The highest BCUT2D eigenvalue weighted by molar-refractivity contribution is 5.47. The summed E-state index contributed by atoms with van der Waals surface area (Å²) >= 11 is 0. The standard InChI is InChI=1S/C15H24N2O4/c1-14(2,3)20-16(18)11-12-8-7-9-13(10-12)17(19)21-15(4,5)6/h7-10H,11H2,1-6H3/q-2. The first-order chi connectivity index (χ1) is 9.46. The summed E-state index contributed by atoms with van der Waals surface area (Å²) in [6.45, 7) is 10.8. The lowest BCUT2D eigenvalue weighted by Crippen LogP contribution is -2.30. The molecular formula is C15H24N2O4-2. The number of nitrogens with zero attached hydrogens (tertiary/aromatic N) is 2. The van der Waals surface area contributed by atoms with Gasteiger partial charge in [-0.2, -0.15) is 0 Å². The van der Waals surface area contributed by atoms with E-state index in [0.29, 0.717) is 21.7 Å². The molecule has 0 radical (unpaired) electrons. The molecule has 21 heavy (non-hydrogen) atoms. The summed E-state index contributed by atoms with van der Waals surface area (Å²) in [7, 11) is 0. The monoisotopic (exact) mass is 296 g/mol. The van der Waals surface area contributed by atoms with Crippen molar-refractivity contribution in [3.8, 4) is 0 Å². The predicted molar refractivity (Wildman–Crippen MR) is 82.9 cm³/mol. The van der Waals surface area contributed by atoms with Crippen molar-refractivity contribution in [2.24, 2.45) is 0 Å². The summed E-state index contributed by atoms with van der Waals surface area (Å²) < 4.78 is 0. The summed E-state index contributed by atoms with van der Waals surface area (Å²) in [5.41, 5.74) is -0.131. The maximum Gasteiger partial charge on any atom is 0.0869 e. The van der Waals surface area contributed by atoms with Crippen LogP contribution in [0.2, 0.25) is 0 Å². The Kier molecular flexibility index (Phi) is 5.72. The van der Waals surface area contributed by atoms with Crippen molar-refractivity contribution in [2.45, 2.75) is 59.3 Å². The van der Waals surface area contributed by atoms with Gasteiger partial charge in [-0.1, -0.05) is 12.1 Å². The lowest BCUT2D eigenvalue weighted by Gasteiger charge is -2.37. The van der Waals surface area contributed by atoms with Gasteiger partial charge in [-0.25, -0.2) is 0 Å². The number of benzene rings is 1. The molecule has 0 fully saturated rings. The number of hydroxylamine groups is 2. The van der Waals surface area contributed by atoms with Crippen LogP contribution in [0.15, 0.2) is 24.3 Å². The second kappa shape index (κ2) is 6.72. The Morgan fingerprint density at radius 1 is 0.952 bits per heavy atom. The molecule has 0 spiro atoms. The number of anilines is 1. The fourth-order valence-electron chi connectivity index (χ4n) is 1.56. The van der Waals surface area contributed by atoms with E-state index in [1.807, 2.05) is 0 Å². The van der Waals surface area contributed by atoms with Gasteiger partial charge >= 0.3 is 0 Å². The summed E-state index contributed by atoms with van der Waals surface area (Å²) in [4.78, 5) is 10.4. The molecule has 6 nitrogen and oxygen atoms in total. The van der Waals surface area contributed by atoms with Gasteiger partial charge in [0.25, 0.3) is 0 Å². The summed E-state index contributed by atoms with van der Waals surface area (Å²) in [6, 6.07) is 6.69. The third-order valence-electron chi connectivity index (χ3n) is 2.17. The minimum absolute atomic E-state index is 0.0362. The van der Waals surface area contributed by atoms with Gasteiger partial charge in [0.2, 0.25) is 0 Å². The Hall–Kier alpha value is -1.18. The second-order valence-corrected chi connectivity index (χ2v) is 6.83. The molecule has 0 atom stereocenters. The molecule has 1 aromatic rings. The van der Waals surface area contributed by atoms with Crippen molar-refractivity contribution in [3.63, 3.8) is 0 Å². The predicted octanol–water partition coefficient (Wildman–Crippen LogP) is 3.75. The first-order valence-corrected chi connectivity index (χ1v) is 6.85. The molecule has 0 aliphatic heterocycles.